The average molecular weight is 214 g/mol. The van der Waals surface area contributed by atoms with Crippen molar-refractivity contribution in [1.29, 1.82) is 0 Å². The van der Waals surface area contributed by atoms with Crippen LogP contribution in [0.5, 0.6) is 5.75 Å². The second-order valence-corrected chi connectivity index (χ2v) is 2.78. The molecule has 0 aliphatic carbocycles. The van der Waals surface area contributed by atoms with E-state index in [-0.39, 0.29) is 11.6 Å². The van der Waals surface area contributed by atoms with Crippen molar-refractivity contribution in [3.63, 3.8) is 0 Å². The van der Waals surface area contributed by atoms with Gasteiger partial charge < -0.3 is 9.47 Å². The van der Waals surface area contributed by atoms with Crippen LogP contribution in [0.25, 0.3) is 0 Å². The molecule has 1 aromatic carbocycles. The lowest BCUT2D eigenvalue weighted by atomic mass is 10.2. The van der Waals surface area contributed by atoms with Gasteiger partial charge in [0.2, 0.25) is 0 Å². The fraction of sp³-hybridized carbons (Fsp3) is 0.500. The Morgan fingerprint density at radius 2 is 1.87 bits per heavy atom. The topological polar surface area (TPSA) is 18.5 Å². The molecule has 3 heteroatoms. The lowest BCUT2D eigenvalue weighted by Gasteiger charge is -2.06. The lowest BCUT2D eigenvalue weighted by molar-refractivity contribution is 0.144. The number of hydrogen-bond donors (Lipinski definition) is 0. The lowest BCUT2D eigenvalue weighted by Crippen LogP contribution is -2.05. The van der Waals surface area contributed by atoms with Crippen LogP contribution in [0.2, 0.25) is 0 Å². The van der Waals surface area contributed by atoms with Gasteiger partial charge in [0.15, 0.2) is 11.6 Å². The molecule has 1 aromatic rings. The number of ether oxygens (including phenoxy) is 2. The molecule has 0 bridgehead atoms. The molecule has 0 unspecified atom stereocenters. The Bertz CT molecular complexity index is 274. The molecule has 0 N–H and O–H groups in total. The van der Waals surface area contributed by atoms with E-state index >= 15 is 0 Å². The normalized spacial score (nSPS) is 9.13. The Balaban J connectivity index is 0.000000921. The second-order valence-electron chi connectivity index (χ2n) is 2.78. The minimum Gasteiger partial charge on any atom is -0.488 e. The van der Waals surface area contributed by atoms with Gasteiger partial charge in [0.05, 0.1) is 6.61 Å². The van der Waals surface area contributed by atoms with E-state index in [2.05, 4.69) is 0 Å². The van der Waals surface area contributed by atoms with Crippen LogP contribution in [-0.2, 0) is 4.74 Å². The Kier molecular flexibility index (Phi) is 7.64. The van der Waals surface area contributed by atoms with E-state index < -0.39 is 0 Å². The average Bonchev–Trinajstić information content (AvgIpc) is 2.24. The van der Waals surface area contributed by atoms with Crippen molar-refractivity contribution in [1.82, 2.24) is 0 Å². The number of methoxy groups -OCH3 is 1. The number of halogens is 1. The van der Waals surface area contributed by atoms with Gasteiger partial charge in [0.25, 0.3) is 0 Å². The SMILES string of the molecule is CC.COCCOc1ccc(C)cc1F. The van der Waals surface area contributed by atoms with E-state index in [1.165, 1.54) is 6.07 Å². The second kappa shape index (κ2) is 8.24. The Hall–Kier alpha value is -1.09. The highest BCUT2D eigenvalue weighted by molar-refractivity contribution is 5.28. The summed E-state index contributed by atoms with van der Waals surface area (Å²) in [6.45, 7) is 6.67. The van der Waals surface area contributed by atoms with Gasteiger partial charge >= 0.3 is 0 Å². The standard InChI is InChI=1S/C10H13FO2.C2H6/c1-8-3-4-10(9(11)7-8)13-6-5-12-2;1-2/h3-4,7H,5-6H2,1-2H3;1-2H3. The van der Waals surface area contributed by atoms with Crippen molar-refractivity contribution in [2.24, 2.45) is 0 Å². The number of aryl methyl sites for hydroxylation is 1. The molecule has 0 radical (unpaired) electrons. The molecule has 0 fully saturated rings. The van der Waals surface area contributed by atoms with Crippen LogP contribution in [0, 0.1) is 12.7 Å². The minimum atomic E-state index is -0.323. The molecule has 0 saturated heterocycles. The first-order chi connectivity index (χ1) is 7.24. The molecular weight excluding hydrogens is 195 g/mol. The summed E-state index contributed by atoms with van der Waals surface area (Å²) in [7, 11) is 1.58. The first-order valence-corrected chi connectivity index (χ1v) is 5.12. The van der Waals surface area contributed by atoms with Gasteiger partial charge in [-0.05, 0) is 24.6 Å². The molecule has 0 aliphatic rings. The van der Waals surface area contributed by atoms with Crippen LogP contribution in [-0.4, -0.2) is 20.3 Å². The van der Waals surface area contributed by atoms with E-state index in [9.17, 15) is 4.39 Å². The zero-order valence-corrected chi connectivity index (χ0v) is 9.84. The van der Waals surface area contributed by atoms with Crippen LogP contribution >= 0.6 is 0 Å². The van der Waals surface area contributed by atoms with Crippen molar-refractivity contribution < 1.29 is 13.9 Å². The summed E-state index contributed by atoms with van der Waals surface area (Å²) in [4.78, 5) is 0. The largest absolute Gasteiger partial charge is 0.488 e. The van der Waals surface area contributed by atoms with Crippen LogP contribution in [0.1, 0.15) is 19.4 Å². The molecule has 0 aromatic heterocycles. The summed E-state index contributed by atoms with van der Waals surface area (Å²) in [5, 5.41) is 0. The smallest absolute Gasteiger partial charge is 0.165 e. The van der Waals surface area contributed by atoms with E-state index in [1.54, 1.807) is 13.2 Å². The van der Waals surface area contributed by atoms with Gasteiger partial charge in [0.1, 0.15) is 6.61 Å². The van der Waals surface area contributed by atoms with Crippen LogP contribution in [0.4, 0.5) is 4.39 Å². The summed E-state index contributed by atoms with van der Waals surface area (Å²) in [6, 6.07) is 4.88. The predicted octanol–water partition coefficient (Wildman–Crippen LogP) is 3.19. The zero-order chi connectivity index (χ0) is 11.7. The zero-order valence-electron chi connectivity index (χ0n) is 9.84. The minimum absolute atomic E-state index is 0.280. The highest BCUT2D eigenvalue weighted by atomic mass is 19.1. The monoisotopic (exact) mass is 214 g/mol. The highest BCUT2D eigenvalue weighted by Crippen LogP contribution is 2.17. The predicted molar refractivity (Wildman–Crippen MR) is 59.9 cm³/mol. The molecule has 2 nitrogen and oxygen atoms in total. The summed E-state index contributed by atoms with van der Waals surface area (Å²) in [5.74, 6) is -0.0428. The van der Waals surface area contributed by atoms with Gasteiger partial charge in [-0.1, -0.05) is 19.9 Å². The van der Waals surface area contributed by atoms with E-state index in [0.29, 0.717) is 13.2 Å². The van der Waals surface area contributed by atoms with Gasteiger partial charge in [-0.15, -0.1) is 0 Å². The maximum absolute atomic E-state index is 13.1. The number of hydrogen-bond acceptors (Lipinski definition) is 2. The van der Waals surface area contributed by atoms with Crippen molar-refractivity contribution in [3.05, 3.63) is 29.6 Å². The fourth-order valence-corrected chi connectivity index (χ4v) is 0.958. The molecule has 0 saturated carbocycles. The number of benzene rings is 1. The molecular formula is C12H19FO2. The van der Waals surface area contributed by atoms with Crippen molar-refractivity contribution >= 4 is 0 Å². The van der Waals surface area contributed by atoms with Crippen LogP contribution in [0.3, 0.4) is 0 Å². The van der Waals surface area contributed by atoms with Gasteiger partial charge in [0, 0.05) is 7.11 Å². The first kappa shape index (κ1) is 13.9. The van der Waals surface area contributed by atoms with Crippen molar-refractivity contribution in [2.45, 2.75) is 20.8 Å². The quantitative estimate of drug-likeness (QED) is 0.717. The Labute approximate surface area is 91.0 Å². The maximum atomic E-state index is 13.1. The first-order valence-electron chi connectivity index (χ1n) is 5.12. The molecule has 0 atom stereocenters. The Morgan fingerprint density at radius 1 is 1.20 bits per heavy atom. The molecule has 0 aliphatic heterocycles. The van der Waals surface area contributed by atoms with Gasteiger partial charge in [-0.2, -0.15) is 0 Å². The van der Waals surface area contributed by atoms with Crippen molar-refractivity contribution in [2.75, 3.05) is 20.3 Å². The van der Waals surface area contributed by atoms with E-state index in [1.807, 2.05) is 26.8 Å². The van der Waals surface area contributed by atoms with Crippen LogP contribution in [0.15, 0.2) is 18.2 Å². The molecule has 1 rings (SSSR count). The third-order valence-corrected chi connectivity index (χ3v) is 1.63. The summed E-state index contributed by atoms with van der Waals surface area (Å²) in [6.07, 6.45) is 0. The van der Waals surface area contributed by atoms with Crippen LogP contribution < -0.4 is 4.74 Å². The third-order valence-electron chi connectivity index (χ3n) is 1.63. The fourth-order valence-electron chi connectivity index (χ4n) is 0.958. The highest BCUT2D eigenvalue weighted by Gasteiger charge is 2.01. The molecule has 0 spiro atoms. The Morgan fingerprint density at radius 3 is 2.40 bits per heavy atom. The van der Waals surface area contributed by atoms with Gasteiger partial charge in [-0.3, -0.25) is 0 Å². The van der Waals surface area contributed by atoms with E-state index in [4.69, 9.17) is 9.47 Å². The van der Waals surface area contributed by atoms with E-state index in [0.717, 1.165) is 5.56 Å². The third kappa shape index (κ3) is 5.37. The molecule has 15 heavy (non-hydrogen) atoms. The summed E-state index contributed by atoms with van der Waals surface area (Å²) < 4.78 is 23.0. The molecule has 0 heterocycles. The van der Waals surface area contributed by atoms with Crippen molar-refractivity contribution in [3.8, 4) is 5.75 Å². The number of rotatable bonds is 4. The summed E-state index contributed by atoms with van der Waals surface area (Å²) in [5.41, 5.74) is 0.886. The molecule has 86 valence electrons. The molecule has 0 amide bonds. The maximum Gasteiger partial charge on any atom is 0.165 e. The van der Waals surface area contributed by atoms with Gasteiger partial charge in [-0.25, -0.2) is 4.39 Å². The summed E-state index contributed by atoms with van der Waals surface area (Å²) >= 11 is 0.